The normalized spacial score (nSPS) is 20.9. The van der Waals surface area contributed by atoms with Crippen molar-refractivity contribution in [1.82, 2.24) is 15.1 Å². The molecule has 0 bridgehead atoms. The lowest BCUT2D eigenvalue weighted by atomic mass is 10.0. The highest BCUT2D eigenvalue weighted by atomic mass is 32.2. The Kier molecular flexibility index (Phi) is 4.51. The molecule has 2 N–H and O–H groups in total. The Hall–Kier alpha value is -2.79. The SMILES string of the molecule is CC1(C)[C@@H](c2ccc(S(N)(=O)=O)cc2)[C@@H]1c1noc(-c2cccnc2C(F)(F)F)n1. The fourth-order valence-electron chi connectivity index (χ4n) is 3.88. The lowest BCUT2D eigenvalue weighted by Crippen LogP contribution is -2.11. The molecule has 11 heteroatoms. The monoisotopic (exact) mass is 438 g/mol. The van der Waals surface area contributed by atoms with Crippen LogP contribution in [0, 0.1) is 5.41 Å². The lowest BCUT2D eigenvalue weighted by Gasteiger charge is -2.07. The predicted molar refractivity (Wildman–Crippen MR) is 99.6 cm³/mol. The van der Waals surface area contributed by atoms with E-state index in [1.165, 1.54) is 24.3 Å². The number of rotatable bonds is 4. The summed E-state index contributed by atoms with van der Waals surface area (Å²) in [5.41, 5.74) is -0.825. The molecule has 1 aromatic carbocycles. The van der Waals surface area contributed by atoms with E-state index in [1.54, 1.807) is 12.1 Å². The summed E-state index contributed by atoms with van der Waals surface area (Å²) >= 11 is 0. The van der Waals surface area contributed by atoms with Crippen molar-refractivity contribution in [3.8, 4) is 11.5 Å². The van der Waals surface area contributed by atoms with Crippen LogP contribution >= 0.6 is 0 Å². The van der Waals surface area contributed by atoms with Gasteiger partial charge in [-0.1, -0.05) is 31.1 Å². The zero-order valence-corrected chi connectivity index (χ0v) is 16.7. The first-order chi connectivity index (χ1) is 13.9. The number of primary sulfonamides is 1. The number of hydrogen-bond donors (Lipinski definition) is 1. The molecule has 1 aliphatic carbocycles. The van der Waals surface area contributed by atoms with Gasteiger partial charge in [0.1, 0.15) is 0 Å². The molecule has 7 nitrogen and oxygen atoms in total. The predicted octanol–water partition coefficient (Wildman–Crippen LogP) is 3.71. The molecule has 30 heavy (non-hydrogen) atoms. The molecule has 4 rings (SSSR count). The van der Waals surface area contributed by atoms with Crippen molar-refractivity contribution in [2.75, 3.05) is 0 Å². The van der Waals surface area contributed by atoms with Gasteiger partial charge in [0.2, 0.25) is 10.0 Å². The molecule has 3 aromatic rings. The molecule has 2 heterocycles. The van der Waals surface area contributed by atoms with Crippen molar-refractivity contribution in [2.24, 2.45) is 10.6 Å². The van der Waals surface area contributed by atoms with E-state index in [0.717, 1.165) is 11.8 Å². The van der Waals surface area contributed by atoms with E-state index in [4.69, 9.17) is 9.66 Å². The highest BCUT2D eigenvalue weighted by Crippen LogP contribution is 2.69. The average Bonchev–Trinajstić information content (AvgIpc) is 3.01. The number of sulfonamides is 1. The molecule has 2 atom stereocenters. The lowest BCUT2D eigenvalue weighted by molar-refractivity contribution is -0.140. The molecule has 1 saturated carbocycles. The van der Waals surface area contributed by atoms with Gasteiger partial charge in [-0.05, 0) is 35.2 Å². The van der Waals surface area contributed by atoms with E-state index >= 15 is 0 Å². The van der Waals surface area contributed by atoms with E-state index in [2.05, 4.69) is 15.1 Å². The number of pyridine rings is 1. The third-order valence-electron chi connectivity index (χ3n) is 5.42. The number of nitrogens with zero attached hydrogens (tertiary/aromatic N) is 3. The van der Waals surface area contributed by atoms with Crippen LogP contribution in [0.5, 0.6) is 0 Å². The van der Waals surface area contributed by atoms with Crippen LogP contribution in [0.15, 0.2) is 52.0 Å². The average molecular weight is 438 g/mol. The standard InChI is InChI=1S/C19H17F3N4O3S/c1-18(2)13(10-5-7-11(8-6-10)30(23,27)28)14(18)16-25-17(29-26-16)12-4-3-9-24-15(12)19(20,21)22/h3-9,13-14H,1-2H3,(H2,23,27,28)/t13-,14+/m0/s1. The highest BCUT2D eigenvalue weighted by Gasteiger charge is 2.61. The maximum absolute atomic E-state index is 13.2. The van der Waals surface area contributed by atoms with Gasteiger partial charge in [-0.3, -0.25) is 4.98 Å². The first-order valence-electron chi connectivity index (χ1n) is 8.89. The fourth-order valence-corrected chi connectivity index (χ4v) is 4.40. The van der Waals surface area contributed by atoms with E-state index in [1.807, 2.05) is 13.8 Å². The molecular formula is C19H17F3N4O3S. The molecule has 0 saturated heterocycles. The second kappa shape index (κ2) is 6.61. The smallest absolute Gasteiger partial charge is 0.334 e. The van der Waals surface area contributed by atoms with Gasteiger partial charge in [-0.15, -0.1) is 0 Å². The van der Waals surface area contributed by atoms with E-state index < -0.39 is 21.9 Å². The number of halogens is 3. The van der Waals surface area contributed by atoms with Crippen LogP contribution in [-0.2, 0) is 16.2 Å². The largest absolute Gasteiger partial charge is 0.434 e. The van der Waals surface area contributed by atoms with Crippen molar-refractivity contribution in [1.29, 1.82) is 0 Å². The van der Waals surface area contributed by atoms with Crippen LogP contribution in [0.4, 0.5) is 13.2 Å². The second-order valence-electron chi connectivity index (χ2n) is 7.75. The Balaban J connectivity index is 1.65. The minimum atomic E-state index is -4.66. The van der Waals surface area contributed by atoms with Gasteiger partial charge < -0.3 is 4.52 Å². The van der Waals surface area contributed by atoms with E-state index in [-0.39, 0.29) is 39.4 Å². The van der Waals surface area contributed by atoms with Crippen molar-refractivity contribution in [3.05, 3.63) is 59.7 Å². The van der Waals surface area contributed by atoms with Crippen LogP contribution in [0.2, 0.25) is 0 Å². The quantitative estimate of drug-likeness (QED) is 0.665. The Bertz CT molecular complexity index is 1200. The Labute approximate surface area is 170 Å². The highest BCUT2D eigenvalue weighted by molar-refractivity contribution is 7.89. The van der Waals surface area contributed by atoms with E-state index in [0.29, 0.717) is 0 Å². The van der Waals surface area contributed by atoms with Crippen molar-refractivity contribution < 1.29 is 26.1 Å². The summed E-state index contributed by atoms with van der Waals surface area (Å²) in [6, 6.07) is 8.76. The number of nitrogens with two attached hydrogens (primary N) is 1. The topological polar surface area (TPSA) is 112 Å². The second-order valence-corrected chi connectivity index (χ2v) is 9.31. The summed E-state index contributed by atoms with van der Waals surface area (Å²) in [7, 11) is -3.80. The molecule has 0 radical (unpaired) electrons. The summed E-state index contributed by atoms with van der Waals surface area (Å²) in [6.45, 7) is 3.94. The zero-order chi connectivity index (χ0) is 21.9. The summed E-state index contributed by atoms with van der Waals surface area (Å²) in [5, 5.41) is 9.03. The maximum Gasteiger partial charge on any atom is 0.434 e. The summed E-state index contributed by atoms with van der Waals surface area (Å²) < 4.78 is 67.7. The van der Waals surface area contributed by atoms with Crippen LogP contribution < -0.4 is 5.14 Å². The van der Waals surface area contributed by atoms with Crippen molar-refractivity contribution in [3.63, 3.8) is 0 Å². The molecular weight excluding hydrogens is 421 g/mol. The number of alkyl halides is 3. The number of hydrogen-bond acceptors (Lipinski definition) is 6. The fraction of sp³-hybridized carbons (Fsp3) is 0.316. The molecule has 2 aromatic heterocycles. The van der Waals surface area contributed by atoms with E-state index in [9.17, 15) is 21.6 Å². The molecule has 158 valence electrons. The molecule has 0 spiro atoms. The van der Waals surface area contributed by atoms with Gasteiger partial charge in [-0.2, -0.15) is 18.2 Å². The van der Waals surface area contributed by atoms with Gasteiger partial charge in [-0.25, -0.2) is 13.6 Å². The first-order valence-corrected chi connectivity index (χ1v) is 10.4. The van der Waals surface area contributed by atoms with Gasteiger partial charge in [0.15, 0.2) is 11.5 Å². The molecule has 1 fully saturated rings. The van der Waals surface area contributed by atoms with Crippen LogP contribution in [0.3, 0.4) is 0 Å². The minimum Gasteiger partial charge on any atom is -0.334 e. The Morgan fingerprint density at radius 1 is 1.10 bits per heavy atom. The van der Waals surface area contributed by atoms with Gasteiger partial charge >= 0.3 is 6.18 Å². The third-order valence-corrected chi connectivity index (χ3v) is 6.35. The zero-order valence-electron chi connectivity index (χ0n) is 15.9. The molecule has 0 aliphatic heterocycles. The molecule has 0 amide bonds. The molecule has 0 unspecified atom stereocenters. The summed E-state index contributed by atoms with van der Waals surface area (Å²) in [4.78, 5) is 7.61. The van der Waals surface area contributed by atoms with Crippen LogP contribution in [-0.4, -0.2) is 23.5 Å². The van der Waals surface area contributed by atoms with Crippen LogP contribution in [0.25, 0.3) is 11.5 Å². The third kappa shape index (κ3) is 3.47. The van der Waals surface area contributed by atoms with Crippen LogP contribution in [0.1, 0.15) is 42.8 Å². The Morgan fingerprint density at radius 2 is 1.77 bits per heavy atom. The van der Waals surface area contributed by atoms with Gasteiger partial charge in [0, 0.05) is 18.0 Å². The summed E-state index contributed by atoms with van der Waals surface area (Å²) in [5.74, 6) is -0.237. The van der Waals surface area contributed by atoms with Crippen molar-refractivity contribution >= 4 is 10.0 Å². The van der Waals surface area contributed by atoms with Gasteiger partial charge in [0.05, 0.1) is 10.5 Å². The minimum absolute atomic E-state index is 0.000592. The first kappa shape index (κ1) is 20.5. The van der Waals surface area contributed by atoms with Gasteiger partial charge in [0.25, 0.3) is 5.89 Å². The number of benzene rings is 1. The number of aromatic nitrogens is 3. The molecule has 1 aliphatic rings. The summed E-state index contributed by atoms with van der Waals surface area (Å²) in [6.07, 6.45) is -3.60. The van der Waals surface area contributed by atoms with Crippen molar-refractivity contribution in [2.45, 2.75) is 36.8 Å². The Morgan fingerprint density at radius 3 is 2.37 bits per heavy atom. The maximum atomic E-state index is 13.2.